The predicted molar refractivity (Wildman–Crippen MR) is 123 cm³/mol. The molecule has 2 aromatic carbocycles. The zero-order valence-electron chi connectivity index (χ0n) is 19.1. The molecular formula is C26H29N3O4. The number of carbonyl (C=O) groups excluding carboxylic acids is 2. The Morgan fingerprint density at radius 3 is 2.76 bits per heavy atom. The summed E-state index contributed by atoms with van der Waals surface area (Å²) in [6, 6.07) is 15.2. The molecule has 1 fully saturated rings. The van der Waals surface area contributed by atoms with Crippen LogP contribution in [0.2, 0.25) is 0 Å². The molecule has 0 aromatic heterocycles. The largest absolute Gasteiger partial charge is 0.490 e. The summed E-state index contributed by atoms with van der Waals surface area (Å²) < 4.78 is 11.9. The van der Waals surface area contributed by atoms with E-state index in [0.717, 1.165) is 11.1 Å². The molecule has 2 aliphatic heterocycles. The third kappa shape index (κ3) is 4.65. The summed E-state index contributed by atoms with van der Waals surface area (Å²) >= 11 is 0. The van der Waals surface area contributed by atoms with E-state index in [-0.39, 0.29) is 36.6 Å². The zero-order valence-corrected chi connectivity index (χ0v) is 19.1. The molecule has 2 heterocycles. The molecule has 4 rings (SSSR count). The number of aryl methyl sites for hydroxylation is 1. The quantitative estimate of drug-likeness (QED) is 0.697. The number of hydrogen-bond donors (Lipinski definition) is 0. The molecule has 0 unspecified atom stereocenters. The maximum absolute atomic E-state index is 13.7. The number of carbonyl (C=O) groups is 2. The number of nitriles is 1. The molecule has 2 amide bonds. The second-order valence-electron chi connectivity index (χ2n) is 8.49. The molecule has 2 atom stereocenters. The van der Waals surface area contributed by atoms with E-state index in [2.05, 4.69) is 6.07 Å². The van der Waals surface area contributed by atoms with Crippen molar-refractivity contribution in [2.75, 3.05) is 32.8 Å². The van der Waals surface area contributed by atoms with Gasteiger partial charge in [-0.2, -0.15) is 5.26 Å². The number of nitrogens with zero attached hydrogens (tertiary/aromatic N) is 3. The third-order valence-electron chi connectivity index (χ3n) is 6.28. The third-order valence-corrected chi connectivity index (χ3v) is 6.28. The maximum Gasteiger partial charge on any atom is 0.254 e. The average molecular weight is 448 g/mol. The van der Waals surface area contributed by atoms with Crippen molar-refractivity contribution in [1.29, 1.82) is 5.26 Å². The molecule has 1 saturated heterocycles. The molecule has 0 radical (unpaired) electrons. The van der Waals surface area contributed by atoms with Gasteiger partial charge in [0.25, 0.3) is 5.91 Å². The van der Waals surface area contributed by atoms with Crippen LogP contribution in [-0.2, 0) is 4.79 Å². The predicted octanol–water partition coefficient (Wildman–Crippen LogP) is 3.73. The van der Waals surface area contributed by atoms with E-state index in [0.29, 0.717) is 49.9 Å². The van der Waals surface area contributed by atoms with Gasteiger partial charge in [0.1, 0.15) is 0 Å². The van der Waals surface area contributed by atoms with Crippen LogP contribution in [0.3, 0.4) is 0 Å². The number of benzene rings is 2. The van der Waals surface area contributed by atoms with Crippen molar-refractivity contribution in [1.82, 2.24) is 9.80 Å². The van der Waals surface area contributed by atoms with Gasteiger partial charge in [-0.15, -0.1) is 0 Å². The number of hydrogen-bond acceptors (Lipinski definition) is 5. The van der Waals surface area contributed by atoms with Gasteiger partial charge < -0.3 is 19.3 Å². The molecule has 0 bridgehead atoms. The number of rotatable bonds is 5. The monoisotopic (exact) mass is 447 g/mol. The lowest BCUT2D eigenvalue weighted by Crippen LogP contribution is -2.51. The Hall–Kier alpha value is -3.53. The number of fused-ring (bicyclic) bond motifs is 3. The van der Waals surface area contributed by atoms with Gasteiger partial charge in [-0.3, -0.25) is 9.59 Å². The molecular weight excluding hydrogens is 418 g/mol. The fraction of sp³-hybridized carbons (Fsp3) is 0.423. The molecule has 7 heteroatoms. The smallest absolute Gasteiger partial charge is 0.254 e. The number of amides is 2. The van der Waals surface area contributed by atoms with E-state index in [1.807, 2.05) is 61.2 Å². The van der Waals surface area contributed by atoms with Crippen LogP contribution >= 0.6 is 0 Å². The van der Waals surface area contributed by atoms with Crippen molar-refractivity contribution in [2.24, 2.45) is 5.92 Å². The highest BCUT2D eigenvalue weighted by Gasteiger charge is 2.42. The van der Waals surface area contributed by atoms with Crippen molar-refractivity contribution in [3.05, 3.63) is 59.2 Å². The normalized spacial score (nSPS) is 20.0. The minimum absolute atomic E-state index is 0.0423. The SMILES string of the molecule is CCOc1cccc2c1OC[C@@H]1CN(CCC#N)C(=O)CCN(C(=O)c3ccc(C)cc3)[C@H]21. The Bertz CT molecular complexity index is 1060. The fourth-order valence-electron chi connectivity index (χ4n) is 4.69. The van der Waals surface area contributed by atoms with E-state index in [9.17, 15) is 9.59 Å². The van der Waals surface area contributed by atoms with E-state index < -0.39 is 0 Å². The van der Waals surface area contributed by atoms with Crippen molar-refractivity contribution in [3.8, 4) is 17.6 Å². The van der Waals surface area contributed by atoms with Crippen molar-refractivity contribution >= 4 is 11.8 Å². The van der Waals surface area contributed by atoms with Gasteiger partial charge in [-0.25, -0.2) is 0 Å². The lowest BCUT2D eigenvalue weighted by molar-refractivity contribution is -0.134. The second kappa shape index (κ2) is 9.95. The van der Waals surface area contributed by atoms with Gasteiger partial charge >= 0.3 is 0 Å². The molecule has 0 aliphatic carbocycles. The second-order valence-corrected chi connectivity index (χ2v) is 8.49. The Kier molecular flexibility index (Phi) is 6.83. The minimum atomic E-state index is -0.263. The van der Waals surface area contributed by atoms with Gasteiger partial charge in [0.15, 0.2) is 11.5 Å². The van der Waals surface area contributed by atoms with Crippen LogP contribution < -0.4 is 9.47 Å². The molecule has 2 aliphatic rings. The zero-order chi connectivity index (χ0) is 23.4. The summed E-state index contributed by atoms with van der Waals surface area (Å²) in [7, 11) is 0. The molecule has 33 heavy (non-hydrogen) atoms. The Morgan fingerprint density at radius 1 is 1.24 bits per heavy atom. The van der Waals surface area contributed by atoms with Crippen LogP contribution in [0.15, 0.2) is 42.5 Å². The summed E-state index contributed by atoms with van der Waals surface area (Å²) in [6.45, 7) is 5.89. The summed E-state index contributed by atoms with van der Waals surface area (Å²) in [5.41, 5.74) is 2.58. The Balaban J connectivity index is 1.76. The standard InChI is InChI=1S/C26H29N3O4/c1-3-32-22-7-4-6-21-24-20(17-33-25(21)22)16-28(14-5-13-27)23(30)12-15-29(24)26(31)19-10-8-18(2)9-11-19/h4,6-11,20,24H,3,5,12,14-17H2,1-2H3/t20-,24-/m0/s1. The van der Waals surface area contributed by atoms with Crippen molar-refractivity contribution in [3.63, 3.8) is 0 Å². The summed E-state index contributed by atoms with van der Waals surface area (Å²) in [4.78, 5) is 30.2. The highest BCUT2D eigenvalue weighted by atomic mass is 16.5. The lowest BCUT2D eigenvalue weighted by atomic mass is 9.86. The topological polar surface area (TPSA) is 82.9 Å². The van der Waals surface area contributed by atoms with E-state index in [1.165, 1.54) is 0 Å². The molecule has 0 spiro atoms. The van der Waals surface area contributed by atoms with E-state index in [4.69, 9.17) is 14.7 Å². The lowest BCUT2D eigenvalue weighted by Gasteiger charge is -2.44. The van der Waals surface area contributed by atoms with Crippen LogP contribution in [0.4, 0.5) is 0 Å². The summed E-state index contributed by atoms with van der Waals surface area (Å²) in [5.74, 6) is 1.07. The van der Waals surface area contributed by atoms with Crippen LogP contribution in [-0.4, -0.2) is 54.5 Å². The van der Waals surface area contributed by atoms with Gasteiger partial charge in [0, 0.05) is 43.1 Å². The van der Waals surface area contributed by atoms with Gasteiger partial charge in [0.05, 0.1) is 31.7 Å². The molecule has 7 nitrogen and oxygen atoms in total. The summed E-state index contributed by atoms with van der Waals surface area (Å²) in [5, 5.41) is 9.03. The van der Waals surface area contributed by atoms with Gasteiger partial charge in [-0.1, -0.05) is 29.8 Å². The van der Waals surface area contributed by atoms with Gasteiger partial charge in [-0.05, 0) is 32.0 Å². The van der Waals surface area contributed by atoms with E-state index in [1.54, 1.807) is 4.90 Å². The molecule has 2 aromatic rings. The van der Waals surface area contributed by atoms with Crippen molar-refractivity contribution in [2.45, 2.75) is 32.7 Å². The molecule has 0 saturated carbocycles. The maximum atomic E-state index is 13.7. The highest BCUT2D eigenvalue weighted by molar-refractivity contribution is 5.95. The first kappa shape index (κ1) is 22.7. The number of ether oxygens (including phenoxy) is 2. The Morgan fingerprint density at radius 2 is 2.03 bits per heavy atom. The van der Waals surface area contributed by atoms with Crippen LogP contribution in [0.25, 0.3) is 0 Å². The average Bonchev–Trinajstić information content (AvgIpc) is 2.82. The first-order chi connectivity index (χ1) is 16.0. The minimum Gasteiger partial charge on any atom is -0.490 e. The molecule has 172 valence electrons. The van der Waals surface area contributed by atoms with Crippen LogP contribution in [0.1, 0.15) is 47.3 Å². The summed E-state index contributed by atoms with van der Waals surface area (Å²) in [6.07, 6.45) is 0.495. The van der Waals surface area contributed by atoms with Crippen LogP contribution in [0, 0.1) is 24.2 Å². The first-order valence-corrected chi connectivity index (χ1v) is 11.4. The molecule has 0 N–H and O–H groups in total. The Labute approximate surface area is 194 Å². The van der Waals surface area contributed by atoms with E-state index >= 15 is 0 Å². The van der Waals surface area contributed by atoms with Gasteiger partial charge in [0.2, 0.25) is 5.91 Å². The van der Waals surface area contributed by atoms with Crippen molar-refractivity contribution < 1.29 is 19.1 Å². The fourth-order valence-corrected chi connectivity index (χ4v) is 4.69. The highest BCUT2D eigenvalue weighted by Crippen LogP contribution is 2.45. The number of para-hydroxylation sites is 1. The van der Waals surface area contributed by atoms with Crippen LogP contribution in [0.5, 0.6) is 11.5 Å². The first-order valence-electron chi connectivity index (χ1n) is 11.4.